The lowest BCUT2D eigenvalue weighted by Crippen LogP contribution is -2.53. The number of hydrogen-bond acceptors (Lipinski definition) is 2. The van der Waals surface area contributed by atoms with E-state index in [-0.39, 0.29) is 0 Å². The highest BCUT2D eigenvalue weighted by molar-refractivity contribution is 9.10. The zero-order valence-corrected chi connectivity index (χ0v) is 16.6. The van der Waals surface area contributed by atoms with Gasteiger partial charge in [0.15, 0.2) is 10.2 Å². The van der Waals surface area contributed by atoms with E-state index in [1.807, 2.05) is 24.3 Å². The molecule has 0 bridgehead atoms. The zero-order chi connectivity index (χ0) is 16.8. The highest BCUT2D eigenvalue weighted by atomic mass is 79.9. The third kappa shape index (κ3) is 5.90. The summed E-state index contributed by atoms with van der Waals surface area (Å²) in [4.78, 5) is 0. The standard InChI is InChI=1S/C16H23BrN4S2/c1-10-5-3-8-14(11(10)2)19-16(23)21-20-15(22)18-13-7-4-6-12(17)9-13/h4,6-7,9-11,14H,3,5,8H2,1-2H3,(H2,18,20,22)(H2,19,21,23)/t10-,11+,14-/m0/s1. The first-order valence-corrected chi connectivity index (χ1v) is 9.45. The average molecular weight is 415 g/mol. The number of rotatable bonds is 2. The third-order valence-electron chi connectivity index (χ3n) is 4.40. The Morgan fingerprint density at radius 3 is 2.61 bits per heavy atom. The highest BCUT2D eigenvalue weighted by Crippen LogP contribution is 2.29. The van der Waals surface area contributed by atoms with Crippen molar-refractivity contribution in [3.05, 3.63) is 28.7 Å². The fourth-order valence-electron chi connectivity index (χ4n) is 2.83. The Morgan fingerprint density at radius 1 is 1.13 bits per heavy atom. The maximum atomic E-state index is 5.35. The van der Waals surface area contributed by atoms with Crippen molar-refractivity contribution in [1.82, 2.24) is 16.2 Å². The Morgan fingerprint density at radius 2 is 1.87 bits per heavy atom. The molecular formula is C16H23BrN4S2. The van der Waals surface area contributed by atoms with Crippen LogP contribution >= 0.6 is 40.4 Å². The second-order valence-electron chi connectivity index (χ2n) is 6.06. The Labute approximate surface area is 157 Å². The molecular weight excluding hydrogens is 392 g/mol. The van der Waals surface area contributed by atoms with Gasteiger partial charge in [0.25, 0.3) is 0 Å². The summed E-state index contributed by atoms with van der Waals surface area (Å²) in [7, 11) is 0. The molecule has 1 aliphatic rings. The van der Waals surface area contributed by atoms with Crippen molar-refractivity contribution >= 4 is 56.3 Å². The molecule has 0 radical (unpaired) electrons. The van der Waals surface area contributed by atoms with Gasteiger partial charge in [-0.25, -0.2) is 0 Å². The maximum absolute atomic E-state index is 5.35. The van der Waals surface area contributed by atoms with Crippen LogP contribution in [0, 0.1) is 11.8 Å². The lowest BCUT2D eigenvalue weighted by atomic mass is 9.78. The second-order valence-corrected chi connectivity index (χ2v) is 7.79. The van der Waals surface area contributed by atoms with E-state index in [0.29, 0.717) is 22.2 Å². The summed E-state index contributed by atoms with van der Waals surface area (Å²) < 4.78 is 0.996. The molecule has 23 heavy (non-hydrogen) atoms. The molecule has 0 amide bonds. The predicted molar refractivity (Wildman–Crippen MR) is 108 cm³/mol. The van der Waals surface area contributed by atoms with Crippen molar-refractivity contribution in [2.45, 2.75) is 39.2 Å². The lowest BCUT2D eigenvalue weighted by molar-refractivity contribution is 0.224. The molecule has 0 spiro atoms. The number of benzene rings is 1. The van der Waals surface area contributed by atoms with Crippen molar-refractivity contribution in [2.24, 2.45) is 11.8 Å². The number of thiocarbonyl (C=S) groups is 2. The molecule has 0 aliphatic heterocycles. The van der Waals surface area contributed by atoms with E-state index in [9.17, 15) is 0 Å². The van der Waals surface area contributed by atoms with Gasteiger partial charge >= 0.3 is 0 Å². The van der Waals surface area contributed by atoms with Gasteiger partial charge in [-0.2, -0.15) is 0 Å². The van der Waals surface area contributed by atoms with Gasteiger partial charge in [-0.3, -0.25) is 10.9 Å². The van der Waals surface area contributed by atoms with Crippen LogP contribution in [0.2, 0.25) is 0 Å². The normalized spacial score (nSPS) is 23.7. The van der Waals surface area contributed by atoms with Gasteiger partial charge in [-0.1, -0.05) is 48.7 Å². The molecule has 1 aromatic rings. The molecule has 2 rings (SSSR count). The van der Waals surface area contributed by atoms with E-state index in [2.05, 4.69) is 51.3 Å². The number of anilines is 1. The largest absolute Gasteiger partial charge is 0.358 e. The Balaban J connectivity index is 1.74. The van der Waals surface area contributed by atoms with Gasteiger partial charge in [-0.05, 0) is 60.9 Å². The maximum Gasteiger partial charge on any atom is 0.189 e. The first kappa shape index (κ1) is 18.4. The molecule has 1 aliphatic carbocycles. The lowest BCUT2D eigenvalue weighted by Gasteiger charge is -2.35. The predicted octanol–water partition coefficient (Wildman–Crippen LogP) is 3.94. The van der Waals surface area contributed by atoms with Crippen LogP contribution in [-0.4, -0.2) is 16.3 Å². The van der Waals surface area contributed by atoms with Gasteiger partial charge in [-0.15, -0.1) is 0 Å². The Hall–Kier alpha value is -0.920. The van der Waals surface area contributed by atoms with E-state index >= 15 is 0 Å². The third-order valence-corrected chi connectivity index (χ3v) is 5.31. The number of nitrogens with one attached hydrogen (secondary N) is 4. The van der Waals surface area contributed by atoms with Crippen LogP contribution in [0.1, 0.15) is 33.1 Å². The Bertz CT molecular complexity index is 567. The first-order valence-electron chi connectivity index (χ1n) is 7.85. The van der Waals surface area contributed by atoms with Crippen LogP contribution in [0.25, 0.3) is 0 Å². The minimum atomic E-state index is 0.423. The minimum absolute atomic E-state index is 0.423. The smallest absolute Gasteiger partial charge is 0.189 e. The SMILES string of the molecule is C[C@H]1[C@@H](NC(=S)NNC(=S)Nc2cccc(Br)c2)CCC[C@@H]1C. The van der Waals surface area contributed by atoms with Crippen LogP contribution in [-0.2, 0) is 0 Å². The molecule has 4 N–H and O–H groups in total. The molecule has 7 heteroatoms. The number of hydrogen-bond donors (Lipinski definition) is 4. The Kier molecular flexibility index (Phi) is 7.05. The summed E-state index contributed by atoms with van der Waals surface area (Å²) in [6.45, 7) is 4.60. The molecule has 4 nitrogen and oxygen atoms in total. The molecule has 0 heterocycles. The average Bonchev–Trinajstić information content (AvgIpc) is 2.50. The van der Waals surface area contributed by atoms with Crippen LogP contribution < -0.4 is 21.5 Å². The van der Waals surface area contributed by atoms with Crippen LogP contribution in [0.4, 0.5) is 5.69 Å². The van der Waals surface area contributed by atoms with Crippen molar-refractivity contribution in [1.29, 1.82) is 0 Å². The van der Waals surface area contributed by atoms with Crippen LogP contribution in [0.15, 0.2) is 28.7 Å². The summed E-state index contributed by atoms with van der Waals surface area (Å²) in [6.07, 6.45) is 3.72. The molecule has 3 atom stereocenters. The van der Waals surface area contributed by atoms with E-state index in [0.717, 1.165) is 22.5 Å². The molecule has 1 fully saturated rings. The quantitative estimate of drug-likeness (QED) is 0.434. The first-order chi connectivity index (χ1) is 11.0. The van der Waals surface area contributed by atoms with Gasteiger partial charge in [0, 0.05) is 16.2 Å². The highest BCUT2D eigenvalue weighted by Gasteiger charge is 2.27. The number of halogens is 1. The van der Waals surface area contributed by atoms with Crippen LogP contribution in [0.5, 0.6) is 0 Å². The fraction of sp³-hybridized carbons (Fsp3) is 0.500. The molecule has 1 aromatic carbocycles. The summed E-state index contributed by atoms with van der Waals surface area (Å²) in [6, 6.07) is 8.23. The molecule has 1 saturated carbocycles. The van der Waals surface area contributed by atoms with E-state index < -0.39 is 0 Å². The van der Waals surface area contributed by atoms with Crippen molar-refractivity contribution < 1.29 is 0 Å². The zero-order valence-electron chi connectivity index (χ0n) is 13.4. The summed E-state index contributed by atoms with van der Waals surface area (Å²) in [5.74, 6) is 1.35. The summed E-state index contributed by atoms with van der Waals surface area (Å²) >= 11 is 14.0. The number of hydrazine groups is 1. The summed E-state index contributed by atoms with van der Waals surface area (Å²) in [5.41, 5.74) is 6.78. The van der Waals surface area contributed by atoms with Gasteiger partial charge in [0.1, 0.15) is 0 Å². The van der Waals surface area contributed by atoms with Crippen molar-refractivity contribution in [2.75, 3.05) is 5.32 Å². The van der Waals surface area contributed by atoms with E-state index in [1.54, 1.807) is 0 Å². The molecule has 0 saturated heterocycles. The molecule has 126 valence electrons. The van der Waals surface area contributed by atoms with E-state index in [4.69, 9.17) is 24.4 Å². The van der Waals surface area contributed by atoms with Crippen LogP contribution in [0.3, 0.4) is 0 Å². The molecule has 0 aromatic heterocycles. The monoisotopic (exact) mass is 414 g/mol. The molecule has 0 unspecified atom stereocenters. The van der Waals surface area contributed by atoms with Crippen molar-refractivity contribution in [3.8, 4) is 0 Å². The minimum Gasteiger partial charge on any atom is -0.358 e. The van der Waals surface area contributed by atoms with Gasteiger partial charge < -0.3 is 10.6 Å². The van der Waals surface area contributed by atoms with Gasteiger partial charge in [0.05, 0.1) is 0 Å². The van der Waals surface area contributed by atoms with Gasteiger partial charge in [0.2, 0.25) is 0 Å². The fourth-order valence-corrected chi connectivity index (χ4v) is 3.60. The summed E-state index contributed by atoms with van der Waals surface area (Å²) in [5, 5.41) is 7.54. The van der Waals surface area contributed by atoms with E-state index in [1.165, 1.54) is 12.8 Å². The van der Waals surface area contributed by atoms with Crippen molar-refractivity contribution in [3.63, 3.8) is 0 Å². The topological polar surface area (TPSA) is 48.1 Å². The second kappa shape index (κ2) is 8.80.